The highest BCUT2D eigenvalue weighted by Crippen LogP contribution is 2.59. The molecule has 4 aliphatic rings. The van der Waals surface area contributed by atoms with Crippen molar-refractivity contribution in [2.45, 2.75) is 82.8 Å². The van der Waals surface area contributed by atoms with Gasteiger partial charge in [-0.15, -0.1) is 0 Å². The number of rotatable bonds is 4. The summed E-state index contributed by atoms with van der Waals surface area (Å²) < 4.78 is 38.9. The van der Waals surface area contributed by atoms with E-state index in [9.17, 15) is 28.5 Å². The Hall–Kier alpha value is -1.15. The molecule has 0 aromatic rings. The van der Waals surface area contributed by atoms with Crippen LogP contribution in [0.2, 0.25) is 0 Å². The van der Waals surface area contributed by atoms with Crippen molar-refractivity contribution in [3.63, 3.8) is 0 Å². The van der Waals surface area contributed by atoms with Gasteiger partial charge in [-0.3, -0.25) is 4.90 Å². The van der Waals surface area contributed by atoms with Crippen LogP contribution >= 0.6 is 0 Å². The molecule has 1 saturated heterocycles. The molecular formula is C26H38F3NO3. The number of allylic oxidation sites excluding steroid dienone is 3. The Morgan fingerprint density at radius 3 is 2.58 bits per heavy atom. The van der Waals surface area contributed by atoms with E-state index in [0.717, 1.165) is 37.7 Å². The van der Waals surface area contributed by atoms with Crippen molar-refractivity contribution in [2.75, 3.05) is 19.6 Å². The predicted octanol–water partition coefficient (Wildman–Crippen LogP) is 4.37. The maximum atomic E-state index is 13.0. The maximum Gasteiger partial charge on any atom is 0.419 e. The van der Waals surface area contributed by atoms with Gasteiger partial charge in [-0.1, -0.05) is 38.2 Å². The summed E-state index contributed by atoms with van der Waals surface area (Å²) in [4.78, 5) is 1.74. The van der Waals surface area contributed by atoms with Gasteiger partial charge in [-0.2, -0.15) is 13.2 Å². The Balaban J connectivity index is 1.43. The van der Waals surface area contributed by atoms with Crippen LogP contribution in [0, 0.1) is 23.2 Å². The molecule has 1 heterocycles. The first-order chi connectivity index (χ1) is 15.3. The number of nitrogens with zero attached hydrogens (tertiary/aromatic N) is 1. The molecule has 0 radical (unpaired) electrons. The zero-order valence-electron chi connectivity index (χ0n) is 19.7. The smallest absolute Gasteiger partial charge is 0.393 e. The highest BCUT2D eigenvalue weighted by molar-refractivity contribution is 5.38. The van der Waals surface area contributed by atoms with Gasteiger partial charge in [0.25, 0.3) is 0 Å². The van der Waals surface area contributed by atoms with Crippen LogP contribution in [0.3, 0.4) is 0 Å². The lowest BCUT2D eigenvalue weighted by Crippen LogP contribution is -2.69. The minimum atomic E-state index is -4.57. The van der Waals surface area contributed by atoms with Gasteiger partial charge in [-0.25, -0.2) is 0 Å². The van der Waals surface area contributed by atoms with E-state index in [-0.39, 0.29) is 24.4 Å². The largest absolute Gasteiger partial charge is 0.419 e. The summed E-state index contributed by atoms with van der Waals surface area (Å²) in [6.45, 7) is 8.44. The molecule has 0 unspecified atom stereocenters. The average Bonchev–Trinajstić information content (AvgIpc) is 3.05. The van der Waals surface area contributed by atoms with Crippen molar-refractivity contribution in [2.24, 2.45) is 23.2 Å². The van der Waals surface area contributed by atoms with Crippen LogP contribution in [0.25, 0.3) is 0 Å². The van der Waals surface area contributed by atoms with Crippen LogP contribution in [-0.4, -0.2) is 63.8 Å². The molecule has 4 nitrogen and oxygen atoms in total. The molecule has 3 N–H and O–H groups in total. The molecule has 0 bridgehead atoms. The summed E-state index contributed by atoms with van der Waals surface area (Å²) in [5.74, 6) is 1.15. The number of aliphatic hydroxyl groups is 3. The topological polar surface area (TPSA) is 63.9 Å². The van der Waals surface area contributed by atoms with E-state index < -0.39 is 24.0 Å². The summed E-state index contributed by atoms with van der Waals surface area (Å²) in [6.07, 6.45) is 4.67. The number of likely N-dealkylation sites (tertiary alicyclic amines) is 1. The molecule has 4 rings (SSSR count). The van der Waals surface area contributed by atoms with Crippen molar-refractivity contribution in [3.05, 3.63) is 35.5 Å². The molecule has 33 heavy (non-hydrogen) atoms. The Morgan fingerprint density at radius 1 is 1.21 bits per heavy atom. The fourth-order valence-electron chi connectivity index (χ4n) is 7.22. The molecular weight excluding hydrogens is 431 g/mol. The molecule has 1 aliphatic heterocycles. The van der Waals surface area contributed by atoms with Crippen molar-refractivity contribution in [1.29, 1.82) is 0 Å². The molecule has 4 fully saturated rings. The summed E-state index contributed by atoms with van der Waals surface area (Å²) in [6, 6.07) is 0. The minimum Gasteiger partial charge on any atom is -0.393 e. The number of hydrogen-bond acceptors (Lipinski definition) is 4. The molecule has 3 aliphatic carbocycles. The zero-order chi connectivity index (χ0) is 24.2. The van der Waals surface area contributed by atoms with Crippen LogP contribution in [0.1, 0.15) is 58.8 Å². The van der Waals surface area contributed by atoms with Crippen molar-refractivity contribution in [1.82, 2.24) is 4.90 Å². The molecule has 0 aromatic carbocycles. The number of β-amino-alcohol motifs (C(OH)–C–C–N with tert-alkyl or cyclic N) is 1. The first-order valence-electron chi connectivity index (χ1n) is 12.3. The van der Waals surface area contributed by atoms with E-state index in [1.54, 1.807) is 4.90 Å². The van der Waals surface area contributed by atoms with Crippen LogP contribution < -0.4 is 0 Å². The fraction of sp³-hybridized carbons (Fsp3) is 0.769. The first kappa shape index (κ1) is 25.0. The second kappa shape index (κ2) is 8.81. The SMILES string of the molecule is C=C1/C(=C\C=C2/CCC[C@]3(C)[C@@H]([C@H](C)CN4CC(O)(C(F)(F)F)C4)CC[C@@H]23)C[C@@H](O)C[C@@H]1O. The van der Waals surface area contributed by atoms with Crippen LogP contribution in [-0.2, 0) is 0 Å². The third kappa shape index (κ3) is 4.58. The summed E-state index contributed by atoms with van der Waals surface area (Å²) >= 11 is 0. The zero-order valence-corrected chi connectivity index (χ0v) is 19.7. The molecule has 0 amide bonds. The summed E-state index contributed by atoms with van der Waals surface area (Å²) in [5, 5.41) is 29.9. The van der Waals surface area contributed by atoms with E-state index in [2.05, 4.69) is 26.5 Å². The Labute approximate surface area is 194 Å². The van der Waals surface area contributed by atoms with Crippen LogP contribution in [0.5, 0.6) is 0 Å². The van der Waals surface area contributed by atoms with E-state index in [4.69, 9.17) is 0 Å². The van der Waals surface area contributed by atoms with Gasteiger partial charge < -0.3 is 15.3 Å². The molecule has 0 aromatic heterocycles. The van der Waals surface area contributed by atoms with Gasteiger partial charge in [0.15, 0.2) is 5.60 Å². The van der Waals surface area contributed by atoms with Gasteiger partial charge in [0.05, 0.1) is 12.2 Å². The molecule has 6 atom stereocenters. The van der Waals surface area contributed by atoms with E-state index in [1.165, 1.54) is 5.57 Å². The van der Waals surface area contributed by atoms with Crippen LogP contribution in [0.15, 0.2) is 35.5 Å². The number of halogens is 3. The third-order valence-corrected chi connectivity index (χ3v) is 9.03. The standard InChI is InChI=1S/C26H38F3NO3/c1-16(13-30-14-25(33,15-30)26(27,28)29)21-8-9-22-18(5-4-10-24(21,22)3)6-7-19-11-20(31)12-23(32)17(19)2/h6-7,16,20-23,31-33H,2,4-5,8-15H2,1,3H3/b18-6+,19-7-/t16-,20-,21-,22+,23+,24-/m1/s1. The first-order valence-corrected chi connectivity index (χ1v) is 12.3. The van der Waals surface area contributed by atoms with E-state index in [0.29, 0.717) is 36.8 Å². The number of hydrogen-bond donors (Lipinski definition) is 3. The maximum absolute atomic E-state index is 13.0. The number of fused-ring (bicyclic) bond motifs is 1. The number of alkyl halides is 3. The fourth-order valence-corrected chi connectivity index (χ4v) is 7.22. The molecule has 186 valence electrons. The predicted molar refractivity (Wildman–Crippen MR) is 121 cm³/mol. The van der Waals surface area contributed by atoms with Gasteiger partial charge in [0.1, 0.15) is 0 Å². The molecule has 7 heteroatoms. The van der Waals surface area contributed by atoms with Gasteiger partial charge in [0, 0.05) is 26.1 Å². The highest BCUT2D eigenvalue weighted by Gasteiger charge is 2.61. The summed E-state index contributed by atoms with van der Waals surface area (Å²) in [5.41, 5.74) is 0.591. The Morgan fingerprint density at radius 2 is 1.91 bits per heavy atom. The van der Waals surface area contributed by atoms with Crippen LogP contribution in [0.4, 0.5) is 13.2 Å². The highest BCUT2D eigenvalue weighted by atomic mass is 19.4. The third-order valence-electron chi connectivity index (χ3n) is 9.03. The molecule has 3 saturated carbocycles. The summed E-state index contributed by atoms with van der Waals surface area (Å²) in [7, 11) is 0. The number of aliphatic hydroxyl groups excluding tert-OH is 2. The van der Waals surface area contributed by atoms with Crippen molar-refractivity contribution >= 4 is 0 Å². The average molecular weight is 470 g/mol. The van der Waals surface area contributed by atoms with Crippen molar-refractivity contribution in [3.8, 4) is 0 Å². The Bertz CT molecular complexity index is 829. The lowest BCUT2D eigenvalue weighted by Gasteiger charge is -2.50. The van der Waals surface area contributed by atoms with E-state index in [1.807, 2.05) is 6.08 Å². The van der Waals surface area contributed by atoms with Gasteiger partial charge in [-0.05, 0) is 72.8 Å². The molecule has 0 spiro atoms. The quantitative estimate of drug-likeness (QED) is 0.572. The normalized spacial score (nSPS) is 40.7. The Kier molecular flexibility index (Phi) is 6.66. The lowest BCUT2D eigenvalue weighted by atomic mass is 9.61. The van der Waals surface area contributed by atoms with Crippen molar-refractivity contribution < 1.29 is 28.5 Å². The minimum absolute atomic E-state index is 0.121. The second-order valence-electron chi connectivity index (χ2n) is 11.3. The van der Waals surface area contributed by atoms with E-state index >= 15 is 0 Å². The monoisotopic (exact) mass is 469 g/mol. The van der Waals surface area contributed by atoms with Gasteiger partial charge in [0.2, 0.25) is 0 Å². The lowest BCUT2D eigenvalue weighted by molar-refractivity contribution is -0.302. The second-order valence-corrected chi connectivity index (χ2v) is 11.3. The van der Waals surface area contributed by atoms with Gasteiger partial charge >= 0.3 is 6.18 Å².